The summed E-state index contributed by atoms with van der Waals surface area (Å²) in [6.45, 7) is 4.03. The average molecular weight is 288 g/mol. The number of rotatable bonds is 5. The number of nitrogens with one attached hydrogen (secondary N) is 2. The van der Waals surface area contributed by atoms with Crippen LogP contribution >= 0.6 is 11.3 Å². The fourth-order valence-electron chi connectivity index (χ4n) is 2.21. The Bertz CT molecular complexity index is 578. The summed E-state index contributed by atoms with van der Waals surface area (Å²) in [4.78, 5) is 12.2. The molecule has 1 aromatic heterocycles. The molecule has 1 atom stereocenters. The molecule has 1 aromatic carbocycles. The van der Waals surface area contributed by atoms with Gasteiger partial charge in [-0.3, -0.25) is 4.79 Å². The van der Waals surface area contributed by atoms with E-state index in [-0.39, 0.29) is 11.9 Å². The highest BCUT2D eigenvalue weighted by Crippen LogP contribution is 2.16. The standard InChI is InChI=1S/C16H20N2OS/c1-11-8-14(4-5-15(11)17-3)16(19)18-12(2)9-13-6-7-20-10-13/h4-8,10,12,17H,9H2,1-3H3,(H,18,19). The van der Waals surface area contributed by atoms with Gasteiger partial charge in [-0.1, -0.05) is 0 Å². The first-order chi connectivity index (χ1) is 9.60. The molecule has 4 heteroatoms. The zero-order valence-corrected chi connectivity index (χ0v) is 12.9. The minimum Gasteiger partial charge on any atom is -0.388 e. The van der Waals surface area contributed by atoms with Crippen LogP contribution in [0.25, 0.3) is 0 Å². The van der Waals surface area contributed by atoms with E-state index >= 15 is 0 Å². The number of anilines is 1. The van der Waals surface area contributed by atoms with E-state index in [1.807, 2.05) is 39.1 Å². The summed E-state index contributed by atoms with van der Waals surface area (Å²) < 4.78 is 0. The highest BCUT2D eigenvalue weighted by atomic mass is 32.1. The van der Waals surface area contributed by atoms with Gasteiger partial charge in [0.25, 0.3) is 5.91 Å². The van der Waals surface area contributed by atoms with Crippen LogP contribution in [0.3, 0.4) is 0 Å². The predicted molar refractivity (Wildman–Crippen MR) is 85.7 cm³/mol. The van der Waals surface area contributed by atoms with Gasteiger partial charge in [-0.25, -0.2) is 0 Å². The van der Waals surface area contributed by atoms with E-state index in [0.717, 1.165) is 17.7 Å². The second kappa shape index (κ2) is 6.57. The summed E-state index contributed by atoms with van der Waals surface area (Å²) in [6.07, 6.45) is 0.864. The molecule has 106 valence electrons. The van der Waals surface area contributed by atoms with Crippen molar-refractivity contribution in [3.05, 3.63) is 51.7 Å². The highest BCUT2D eigenvalue weighted by Gasteiger charge is 2.11. The van der Waals surface area contributed by atoms with Crippen molar-refractivity contribution in [3.8, 4) is 0 Å². The fraction of sp³-hybridized carbons (Fsp3) is 0.312. The Morgan fingerprint density at radius 1 is 1.35 bits per heavy atom. The van der Waals surface area contributed by atoms with Gasteiger partial charge in [-0.15, -0.1) is 0 Å². The number of hydrogen-bond donors (Lipinski definition) is 2. The average Bonchev–Trinajstić information content (AvgIpc) is 2.91. The maximum atomic E-state index is 12.2. The SMILES string of the molecule is CNc1ccc(C(=O)NC(C)Cc2ccsc2)cc1C. The summed E-state index contributed by atoms with van der Waals surface area (Å²) in [6, 6.07) is 7.93. The number of carbonyl (C=O) groups is 1. The Morgan fingerprint density at radius 3 is 2.75 bits per heavy atom. The van der Waals surface area contributed by atoms with E-state index in [9.17, 15) is 4.79 Å². The Labute approximate surface area is 124 Å². The molecule has 0 fully saturated rings. The molecule has 0 spiro atoms. The van der Waals surface area contributed by atoms with Gasteiger partial charge in [0.1, 0.15) is 0 Å². The molecule has 2 aromatic rings. The lowest BCUT2D eigenvalue weighted by Crippen LogP contribution is -2.34. The first-order valence-corrected chi connectivity index (χ1v) is 7.64. The van der Waals surface area contributed by atoms with E-state index in [2.05, 4.69) is 27.5 Å². The van der Waals surface area contributed by atoms with E-state index in [0.29, 0.717) is 5.56 Å². The molecule has 0 saturated heterocycles. The van der Waals surface area contributed by atoms with Crippen molar-refractivity contribution in [2.24, 2.45) is 0 Å². The van der Waals surface area contributed by atoms with Crippen molar-refractivity contribution in [1.29, 1.82) is 0 Å². The lowest BCUT2D eigenvalue weighted by Gasteiger charge is -2.14. The second-order valence-electron chi connectivity index (χ2n) is 4.99. The molecule has 2 rings (SSSR count). The van der Waals surface area contributed by atoms with E-state index in [1.54, 1.807) is 11.3 Å². The quantitative estimate of drug-likeness (QED) is 0.884. The molecule has 0 saturated carbocycles. The monoisotopic (exact) mass is 288 g/mol. The third kappa shape index (κ3) is 3.61. The van der Waals surface area contributed by atoms with Crippen molar-refractivity contribution < 1.29 is 4.79 Å². The molecular weight excluding hydrogens is 268 g/mol. The molecule has 3 nitrogen and oxygen atoms in total. The molecule has 1 heterocycles. The fourth-order valence-corrected chi connectivity index (χ4v) is 2.89. The molecule has 0 radical (unpaired) electrons. The summed E-state index contributed by atoms with van der Waals surface area (Å²) >= 11 is 1.68. The lowest BCUT2D eigenvalue weighted by molar-refractivity contribution is 0.0940. The Morgan fingerprint density at radius 2 is 2.15 bits per heavy atom. The highest BCUT2D eigenvalue weighted by molar-refractivity contribution is 7.07. The van der Waals surface area contributed by atoms with Crippen LogP contribution in [0.1, 0.15) is 28.4 Å². The molecule has 0 aliphatic heterocycles. The van der Waals surface area contributed by atoms with Crippen LogP contribution in [0.4, 0.5) is 5.69 Å². The van der Waals surface area contributed by atoms with Gasteiger partial charge < -0.3 is 10.6 Å². The normalized spacial score (nSPS) is 11.9. The van der Waals surface area contributed by atoms with Gasteiger partial charge in [-0.05, 0) is 66.4 Å². The van der Waals surface area contributed by atoms with E-state index in [1.165, 1.54) is 5.56 Å². The third-order valence-corrected chi connectivity index (χ3v) is 3.99. The molecule has 20 heavy (non-hydrogen) atoms. The smallest absolute Gasteiger partial charge is 0.251 e. The van der Waals surface area contributed by atoms with Crippen LogP contribution in [-0.2, 0) is 6.42 Å². The van der Waals surface area contributed by atoms with Crippen molar-refractivity contribution in [1.82, 2.24) is 5.32 Å². The van der Waals surface area contributed by atoms with Crippen LogP contribution < -0.4 is 10.6 Å². The van der Waals surface area contributed by atoms with Gasteiger partial charge in [0, 0.05) is 24.3 Å². The minimum atomic E-state index is -0.0153. The topological polar surface area (TPSA) is 41.1 Å². The maximum Gasteiger partial charge on any atom is 0.251 e. The molecule has 0 aliphatic rings. The van der Waals surface area contributed by atoms with Gasteiger partial charge in [0.15, 0.2) is 0 Å². The molecule has 0 aliphatic carbocycles. The van der Waals surface area contributed by atoms with Crippen molar-refractivity contribution in [2.45, 2.75) is 26.3 Å². The van der Waals surface area contributed by atoms with Gasteiger partial charge in [0.05, 0.1) is 0 Å². The Hall–Kier alpha value is -1.81. The molecular formula is C16H20N2OS. The van der Waals surface area contributed by atoms with Crippen molar-refractivity contribution >= 4 is 22.9 Å². The van der Waals surface area contributed by atoms with E-state index in [4.69, 9.17) is 0 Å². The Kier molecular flexibility index (Phi) is 4.79. The van der Waals surface area contributed by atoms with E-state index < -0.39 is 0 Å². The summed E-state index contributed by atoms with van der Waals surface area (Å²) in [7, 11) is 1.88. The first kappa shape index (κ1) is 14.6. The number of carbonyl (C=O) groups excluding carboxylic acids is 1. The Balaban J connectivity index is 1.99. The molecule has 2 N–H and O–H groups in total. The van der Waals surface area contributed by atoms with Gasteiger partial charge in [-0.2, -0.15) is 11.3 Å². The minimum absolute atomic E-state index is 0.0153. The van der Waals surface area contributed by atoms with Crippen LogP contribution in [0.15, 0.2) is 35.0 Å². The molecule has 0 bridgehead atoms. The van der Waals surface area contributed by atoms with Crippen LogP contribution in [0, 0.1) is 6.92 Å². The maximum absolute atomic E-state index is 12.2. The number of aryl methyl sites for hydroxylation is 1. The third-order valence-electron chi connectivity index (χ3n) is 3.26. The van der Waals surface area contributed by atoms with Crippen LogP contribution in [0.2, 0.25) is 0 Å². The van der Waals surface area contributed by atoms with Gasteiger partial charge in [0.2, 0.25) is 0 Å². The second-order valence-corrected chi connectivity index (χ2v) is 5.77. The van der Waals surface area contributed by atoms with Crippen molar-refractivity contribution in [3.63, 3.8) is 0 Å². The summed E-state index contributed by atoms with van der Waals surface area (Å²) in [5.74, 6) is -0.0153. The number of amides is 1. The van der Waals surface area contributed by atoms with Gasteiger partial charge >= 0.3 is 0 Å². The lowest BCUT2D eigenvalue weighted by atomic mass is 10.1. The zero-order chi connectivity index (χ0) is 14.5. The zero-order valence-electron chi connectivity index (χ0n) is 12.1. The van der Waals surface area contributed by atoms with Crippen molar-refractivity contribution in [2.75, 3.05) is 12.4 Å². The number of thiophene rings is 1. The molecule has 1 unspecified atom stereocenters. The first-order valence-electron chi connectivity index (χ1n) is 6.70. The van der Waals surface area contributed by atoms with Crippen LogP contribution in [0.5, 0.6) is 0 Å². The number of benzene rings is 1. The summed E-state index contributed by atoms with van der Waals surface area (Å²) in [5.41, 5.74) is 4.10. The number of hydrogen-bond acceptors (Lipinski definition) is 3. The van der Waals surface area contributed by atoms with Crippen LogP contribution in [-0.4, -0.2) is 19.0 Å². The molecule has 1 amide bonds. The largest absolute Gasteiger partial charge is 0.388 e. The predicted octanol–water partition coefficient (Wildman–Crippen LogP) is 3.46. The summed E-state index contributed by atoms with van der Waals surface area (Å²) in [5, 5.41) is 10.3.